The van der Waals surface area contributed by atoms with E-state index in [2.05, 4.69) is 30.0 Å². The molecule has 0 aromatic carbocycles. The molecule has 0 radical (unpaired) electrons. The van der Waals surface area contributed by atoms with Crippen molar-refractivity contribution in [1.29, 1.82) is 0 Å². The van der Waals surface area contributed by atoms with Crippen LogP contribution in [0.3, 0.4) is 0 Å². The number of carbonyl (C=O) groups excluding carboxylic acids is 1. The van der Waals surface area contributed by atoms with Crippen molar-refractivity contribution in [3.05, 3.63) is 12.2 Å². The highest BCUT2D eigenvalue weighted by Crippen LogP contribution is 2.78. The average molecular weight is 462 g/mol. The van der Waals surface area contributed by atoms with Crippen LogP contribution in [0.5, 0.6) is 0 Å². The summed E-state index contributed by atoms with van der Waals surface area (Å²) in [7, 11) is -5.53. The smallest absolute Gasteiger partial charge is 0.332 e. The number of methoxy groups -OCH3 is 1. The lowest BCUT2D eigenvalue weighted by molar-refractivity contribution is -0.136. The van der Waals surface area contributed by atoms with Gasteiger partial charge in [0.25, 0.3) is 0 Å². The minimum Gasteiger partial charge on any atom is -0.466 e. The molecule has 0 aromatic heterocycles. The average Bonchev–Trinajstić information content (AvgIpc) is 3.57. The summed E-state index contributed by atoms with van der Waals surface area (Å²) < 4.78 is 44.5. The standard InChI is InChI=1S/C10H20N8OP2S.C5H8O2/c19-22(18-9-10-18)12-20(14-1-2-14,15-3-4-15)11-21(13-22,16-5-6-16)17-7-8-17;1-4(2)5(6)7-3/h1-10H2;1H2,2-3H3. The number of hydrogen-bond donors (Lipinski definition) is 0. The summed E-state index contributed by atoms with van der Waals surface area (Å²) in [4.78, 5) is 10.2. The first kappa shape index (κ1) is 20.3. The van der Waals surface area contributed by atoms with Crippen molar-refractivity contribution in [2.45, 2.75) is 6.92 Å². The third-order valence-corrected chi connectivity index (χ3v) is 16.2. The Kier molecular flexibility index (Phi) is 4.88. The number of ether oxygens (including phenoxy) is 1. The minimum atomic E-state index is -2.61. The van der Waals surface area contributed by atoms with Crippen LogP contribution in [0, 0.1) is 0 Å². The molecule has 5 saturated heterocycles. The van der Waals surface area contributed by atoms with Crippen LogP contribution < -0.4 is 0 Å². The lowest BCUT2D eigenvalue weighted by atomic mass is 10.4. The molecule has 5 fully saturated rings. The fraction of sp³-hybridized carbons (Fsp3) is 0.800. The third kappa shape index (κ3) is 3.78. The molecule has 1 unspecified atom stereocenters. The highest BCUT2D eigenvalue weighted by Gasteiger charge is 2.57. The van der Waals surface area contributed by atoms with E-state index < -0.39 is 25.1 Å². The monoisotopic (exact) mass is 462 g/mol. The van der Waals surface area contributed by atoms with Gasteiger partial charge in [-0.2, -0.15) is 8.82 Å². The van der Waals surface area contributed by atoms with Crippen LogP contribution in [0.4, 0.5) is 0 Å². The maximum absolute atomic E-state index is 13.6. The second-order valence-electron chi connectivity index (χ2n) is 7.81. The molecule has 6 heterocycles. The van der Waals surface area contributed by atoms with Crippen molar-refractivity contribution in [3.63, 3.8) is 0 Å². The van der Waals surface area contributed by atoms with Gasteiger partial charge >= 0.3 is 5.97 Å². The van der Waals surface area contributed by atoms with Crippen LogP contribution in [-0.2, 0) is 19.6 Å². The van der Waals surface area contributed by atoms with Gasteiger partial charge in [0.2, 0.25) is 25.1 Å². The molecule has 6 aliphatic heterocycles. The van der Waals surface area contributed by atoms with Crippen LogP contribution in [0.1, 0.15) is 6.92 Å². The predicted octanol–water partition coefficient (Wildman–Crippen LogP) is 1.50. The van der Waals surface area contributed by atoms with Crippen LogP contribution >= 0.6 is 15.0 Å². The summed E-state index contributed by atoms with van der Waals surface area (Å²) in [5.74, 6) is -0.347. The lowest BCUT2D eigenvalue weighted by Gasteiger charge is -2.33. The van der Waals surface area contributed by atoms with Crippen LogP contribution in [-0.4, -0.2) is 106 Å². The van der Waals surface area contributed by atoms with E-state index in [0.29, 0.717) is 5.57 Å². The molecular weight excluding hydrogens is 434 g/mol. The molecule has 0 bridgehead atoms. The van der Waals surface area contributed by atoms with Crippen LogP contribution in [0.2, 0.25) is 0 Å². The molecule has 14 heteroatoms. The first-order valence-corrected chi connectivity index (χ1v) is 14.5. The molecule has 0 spiro atoms. The van der Waals surface area contributed by atoms with Gasteiger partial charge in [-0.05, 0) is 6.92 Å². The van der Waals surface area contributed by atoms with Crippen molar-refractivity contribution in [3.8, 4) is 0 Å². The Balaban J connectivity index is 0.000000227. The molecule has 162 valence electrons. The van der Waals surface area contributed by atoms with Gasteiger partial charge in [-0.1, -0.05) is 6.58 Å². The molecule has 0 saturated carbocycles. The van der Waals surface area contributed by atoms with E-state index in [1.807, 2.05) is 4.31 Å². The van der Waals surface area contributed by atoms with Crippen molar-refractivity contribution in [2.75, 3.05) is 72.6 Å². The zero-order chi connectivity index (χ0) is 20.4. The van der Waals surface area contributed by atoms with Gasteiger partial charge in [-0.15, -0.1) is 8.28 Å². The number of hydrogen-bond acceptors (Lipinski definition) is 9. The summed E-state index contributed by atoms with van der Waals surface area (Å²) >= 11 is 0. The lowest BCUT2D eigenvalue weighted by Crippen LogP contribution is -2.18. The third-order valence-electron chi connectivity index (χ3n) is 5.16. The quantitative estimate of drug-likeness (QED) is 0.256. The maximum atomic E-state index is 13.6. The van der Waals surface area contributed by atoms with Crippen molar-refractivity contribution in [2.24, 2.45) is 12.8 Å². The Morgan fingerprint density at radius 3 is 1.66 bits per heavy atom. The second-order valence-corrected chi connectivity index (χ2v) is 15.7. The normalized spacial score (nSPS) is 34.4. The molecule has 0 N–H and O–H groups in total. The number of nitrogens with zero attached hydrogens (tertiary/aromatic N) is 8. The highest BCUT2D eigenvalue weighted by atomic mass is 32.2. The fourth-order valence-electron chi connectivity index (χ4n) is 3.09. The summed E-state index contributed by atoms with van der Waals surface area (Å²) in [5, 5.41) is 0. The summed E-state index contributed by atoms with van der Waals surface area (Å²) in [5.41, 5.74) is 0.433. The largest absolute Gasteiger partial charge is 0.466 e. The van der Waals surface area contributed by atoms with E-state index in [4.69, 9.17) is 12.8 Å². The van der Waals surface area contributed by atoms with E-state index in [9.17, 15) is 9.00 Å². The van der Waals surface area contributed by atoms with Crippen LogP contribution in [0.15, 0.2) is 25.0 Å². The van der Waals surface area contributed by atoms with Gasteiger partial charge in [0.05, 0.1) is 7.11 Å². The topological polar surface area (TPSA) is 95.5 Å². The molecule has 11 nitrogen and oxygen atoms in total. The molecule has 0 aromatic rings. The summed E-state index contributed by atoms with van der Waals surface area (Å²) in [6.07, 6.45) is 0. The van der Waals surface area contributed by atoms with E-state index in [1.165, 1.54) is 7.11 Å². The second kappa shape index (κ2) is 6.97. The molecule has 29 heavy (non-hydrogen) atoms. The van der Waals surface area contributed by atoms with Gasteiger partial charge in [-0.3, -0.25) is 0 Å². The first-order valence-electron chi connectivity index (χ1n) is 9.90. The molecule has 0 aliphatic carbocycles. The molecule has 6 rings (SSSR count). The van der Waals surface area contributed by atoms with E-state index in [0.717, 1.165) is 65.4 Å². The van der Waals surface area contributed by atoms with Gasteiger partial charge < -0.3 is 4.74 Å². The van der Waals surface area contributed by atoms with Gasteiger partial charge in [0.1, 0.15) is 0 Å². The van der Waals surface area contributed by atoms with E-state index in [1.54, 1.807) is 6.92 Å². The number of rotatable bonds is 6. The molecular formula is C15H28N8O3P2S. The molecule has 0 amide bonds. The Hall–Kier alpha value is -0.580. The zero-order valence-electron chi connectivity index (χ0n) is 16.9. The SMILES string of the molecule is C=C(C)C(=O)OC.O=S1(N2CC2)=NP(N2CC2)(N2CC2)=NP(N2CC2)(N2CC2)=N1. The highest BCUT2D eigenvalue weighted by molar-refractivity contribution is 7.99. The van der Waals surface area contributed by atoms with E-state index in [-0.39, 0.29) is 5.97 Å². The zero-order valence-corrected chi connectivity index (χ0v) is 19.5. The maximum Gasteiger partial charge on any atom is 0.332 e. The minimum absolute atomic E-state index is 0.347. The van der Waals surface area contributed by atoms with E-state index >= 15 is 0 Å². The summed E-state index contributed by atoms with van der Waals surface area (Å²) in [6.45, 7) is 15.1. The predicted molar refractivity (Wildman–Crippen MR) is 114 cm³/mol. The Morgan fingerprint density at radius 1 is 0.897 bits per heavy atom. The van der Waals surface area contributed by atoms with Crippen molar-refractivity contribution < 1.29 is 13.7 Å². The van der Waals surface area contributed by atoms with Crippen molar-refractivity contribution >= 4 is 31.1 Å². The summed E-state index contributed by atoms with van der Waals surface area (Å²) in [6, 6.07) is 0. The Bertz CT molecular complexity index is 926. The Morgan fingerprint density at radius 2 is 1.34 bits per heavy atom. The first-order chi connectivity index (χ1) is 13.8. The molecule has 1 atom stereocenters. The Labute approximate surface area is 172 Å². The van der Waals surface area contributed by atoms with Crippen LogP contribution in [0.25, 0.3) is 0 Å². The van der Waals surface area contributed by atoms with Gasteiger partial charge in [-0.25, -0.2) is 27.7 Å². The number of carbonyl (C=O) groups is 1. The van der Waals surface area contributed by atoms with Crippen molar-refractivity contribution in [1.82, 2.24) is 23.0 Å². The van der Waals surface area contributed by atoms with Gasteiger partial charge in [0, 0.05) is 71.0 Å². The molecule has 6 aliphatic rings. The fourth-order valence-corrected chi connectivity index (χ4v) is 16.0. The van der Waals surface area contributed by atoms with Gasteiger partial charge in [0.15, 0.2) is 0 Å². The number of esters is 1.